The molecular formula is C19H27N3O4S2. The number of carbonyl (C=O) groups is 2. The van der Waals surface area contributed by atoms with Crippen molar-refractivity contribution in [2.75, 3.05) is 37.2 Å². The van der Waals surface area contributed by atoms with E-state index in [-0.39, 0.29) is 22.5 Å². The SMILES string of the molecule is CC1CC(C)CN(S(=O)(=O)c2ccc(NC(=O)CCN3CCSC3=O)cc2)C1. The second-order valence-electron chi connectivity index (χ2n) is 7.69. The molecule has 2 aliphatic heterocycles. The van der Waals surface area contributed by atoms with Gasteiger partial charge in [-0.1, -0.05) is 25.6 Å². The van der Waals surface area contributed by atoms with Crippen LogP contribution in [0.3, 0.4) is 0 Å². The first-order valence-electron chi connectivity index (χ1n) is 9.57. The summed E-state index contributed by atoms with van der Waals surface area (Å²) in [5.74, 6) is 1.26. The molecule has 0 aliphatic carbocycles. The molecule has 3 rings (SSSR count). The fraction of sp³-hybridized carbons (Fsp3) is 0.579. The Labute approximate surface area is 170 Å². The van der Waals surface area contributed by atoms with Gasteiger partial charge in [-0.25, -0.2) is 8.42 Å². The molecule has 154 valence electrons. The molecule has 2 amide bonds. The number of sulfonamides is 1. The lowest BCUT2D eigenvalue weighted by atomic mass is 9.94. The number of hydrogen-bond acceptors (Lipinski definition) is 5. The third-order valence-electron chi connectivity index (χ3n) is 5.06. The van der Waals surface area contributed by atoms with Crippen LogP contribution in [0.4, 0.5) is 10.5 Å². The predicted molar refractivity (Wildman–Crippen MR) is 111 cm³/mol. The van der Waals surface area contributed by atoms with Gasteiger partial charge in [0.1, 0.15) is 0 Å². The number of amides is 2. The Hall–Kier alpha value is -1.58. The third kappa shape index (κ3) is 5.07. The van der Waals surface area contributed by atoms with Gasteiger partial charge in [0.15, 0.2) is 0 Å². The zero-order valence-corrected chi connectivity index (χ0v) is 17.9. The summed E-state index contributed by atoms with van der Waals surface area (Å²) >= 11 is 1.27. The molecule has 1 aromatic carbocycles. The van der Waals surface area contributed by atoms with Crippen LogP contribution >= 0.6 is 11.8 Å². The largest absolute Gasteiger partial charge is 0.332 e. The molecule has 1 N–H and O–H groups in total. The number of nitrogens with zero attached hydrogens (tertiary/aromatic N) is 2. The molecule has 0 radical (unpaired) electrons. The highest BCUT2D eigenvalue weighted by atomic mass is 32.2. The smallest absolute Gasteiger partial charge is 0.281 e. The van der Waals surface area contributed by atoms with E-state index in [1.165, 1.54) is 23.9 Å². The molecule has 2 saturated heterocycles. The summed E-state index contributed by atoms with van der Waals surface area (Å²) in [5.41, 5.74) is 0.548. The fourth-order valence-electron chi connectivity index (χ4n) is 3.75. The van der Waals surface area contributed by atoms with E-state index < -0.39 is 10.0 Å². The van der Waals surface area contributed by atoms with Gasteiger partial charge in [0.2, 0.25) is 15.9 Å². The molecule has 0 saturated carbocycles. The molecule has 2 unspecified atom stereocenters. The first kappa shape index (κ1) is 21.1. The first-order chi connectivity index (χ1) is 13.3. The van der Waals surface area contributed by atoms with E-state index in [9.17, 15) is 18.0 Å². The van der Waals surface area contributed by atoms with Crippen molar-refractivity contribution in [1.29, 1.82) is 0 Å². The highest BCUT2D eigenvalue weighted by Crippen LogP contribution is 2.27. The second-order valence-corrected chi connectivity index (χ2v) is 10.7. The van der Waals surface area contributed by atoms with Gasteiger partial charge < -0.3 is 10.2 Å². The summed E-state index contributed by atoms with van der Waals surface area (Å²) in [6, 6.07) is 6.29. The van der Waals surface area contributed by atoms with Crippen molar-refractivity contribution >= 4 is 38.6 Å². The Bertz CT molecular complexity index is 816. The highest BCUT2D eigenvalue weighted by molar-refractivity contribution is 8.13. The van der Waals surface area contributed by atoms with Crippen molar-refractivity contribution in [3.05, 3.63) is 24.3 Å². The van der Waals surface area contributed by atoms with Crippen LogP contribution in [0.1, 0.15) is 26.7 Å². The van der Waals surface area contributed by atoms with Crippen LogP contribution in [0.5, 0.6) is 0 Å². The first-order valence-corrected chi connectivity index (χ1v) is 12.0. The van der Waals surface area contributed by atoms with Crippen LogP contribution < -0.4 is 5.32 Å². The van der Waals surface area contributed by atoms with Gasteiger partial charge in [-0.15, -0.1) is 0 Å². The molecule has 9 heteroatoms. The number of rotatable bonds is 6. The summed E-state index contributed by atoms with van der Waals surface area (Å²) in [4.78, 5) is 25.5. The highest BCUT2D eigenvalue weighted by Gasteiger charge is 2.31. The minimum absolute atomic E-state index is 0.0173. The van der Waals surface area contributed by atoms with Gasteiger partial charge >= 0.3 is 0 Å². The lowest BCUT2D eigenvalue weighted by molar-refractivity contribution is -0.116. The van der Waals surface area contributed by atoms with Gasteiger partial charge in [0.25, 0.3) is 5.24 Å². The minimum atomic E-state index is -3.53. The van der Waals surface area contributed by atoms with Crippen LogP contribution in [-0.2, 0) is 14.8 Å². The maximum absolute atomic E-state index is 12.9. The number of anilines is 1. The average Bonchev–Trinajstić information content (AvgIpc) is 3.04. The van der Waals surface area contributed by atoms with Crippen molar-refractivity contribution in [1.82, 2.24) is 9.21 Å². The second kappa shape index (κ2) is 8.84. The van der Waals surface area contributed by atoms with Crippen molar-refractivity contribution in [3.63, 3.8) is 0 Å². The van der Waals surface area contributed by atoms with E-state index >= 15 is 0 Å². The van der Waals surface area contributed by atoms with Crippen molar-refractivity contribution < 1.29 is 18.0 Å². The van der Waals surface area contributed by atoms with E-state index in [1.807, 2.05) is 0 Å². The summed E-state index contributed by atoms with van der Waals surface area (Å²) in [6.07, 6.45) is 1.26. The molecular weight excluding hydrogens is 398 g/mol. The van der Waals surface area contributed by atoms with Gasteiger partial charge in [-0.3, -0.25) is 9.59 Å². The summed E-state index contributed by atoms with van der Waals surface area (Å²) in [5, 5.41) is 2.78. The number of piperidine rings is 1. The van der Waals surface area contributed by atoms with E-state index in [0.717, 1.165) is 12.2 Å². The maximum Gasteiger partial charge on any atom is 0.281 e. The number of nitrogens with one attached hydrogen (secondary N) is 1. The summed E-state index contributed by atoms with van der Waals surface area (Å²) < 4.78 is 27.3. The van der Waals surface area contributed by atoms with Crippen LogP contribution in [0, 0.1) is 11.8 Å². The lowest BCUT2D eigenvalue weighted by Crippen LogP contribution is -2.42. The summed E-state index contributed by atoms with van der Waals surface area (Å²) in [6.45, 7) is 6.31. The quantitative estimate of drug-likeness (QED) is 0.757. The van der Waals surface area contributed by atoms with Crippen molar-refractivity contribution in [3.8, 4) is 0 Å². The molecule has 7 nitrogen and oxygen atoms in total. The standard InChI is InChI=1S/C19H27N3O4S2/c1-14-11-15(2)13-22(12-14)28(25,26)17-5-3-16(4-6-17)20-18(23)7-8-21-9-10-27-19(21)24/h3-6,14-15H,7-13H2,1-2H3,(H,20,23). The number of thioether (sulfide) groups is 1. The predicted octanol–water partition coefficient (Wildman–Crippen LogP) is 2.85. The summed E-state index contributed by atoms with van der Waals surface area (Å²) in [7, 11) is -3.53. The molecule has 28 heavy (non-hydrogen) atoms. The third-order valence-corrected chi connectivity index (χ3v) is 7.80. The minimum Gasteiger partial charge on any atom is -0.332 e. The van der Waals surface area contributed by atoms with Gasteiger partial charge in [-0.2, -0.15) is 4.31 Å². The molecule has 1 aromatic rings. The van der Waals surface area contributed by atoms with Crippen LogP contribution in [0.15, 0.2) is 29.2 Å². The van der Waals surface area contributed by atoms with Crippen molar-refractivity contribution in [2.24, 2.45) is 11.8 Å². The van der Waals surface area contributed by atoms with Crippen LogP contribution in [0.25, 0.3) is 0 Å². The zero-order chi connectivity index (χ0) is 20.3. The monoisotopic (exact) mass is 425 g/mol. The molecule has 2 aliphatic rings. The number of hydrogen-bond donors (Lipinski definition) is 1. The Morgan fingerprint density at radius 2 is 1.82 bits per heavy atom. The molecule has 2 atom stereocenters. The molecule has 0 bridgehead atoms. The Morgan fingerprint density at radius 1 is 1.18 bits per heavy atom. The molecule has 2 heterocycles. The van der Waals surface area contributed by atoms with E-state index in [1.54, 1.807) is 21.3 Å². The Balaban J connectivity index is 1.58. The van der Waals surface area contributed by atoms with Gasteiger partial charge in [0.05, 0.1) is 4.90 Å². The van der Waals surface area contributed by atoms with Gasteiger partial charge in [0, 0.05) is 44.0 Å². The topological polar surface area (TPSA) is 86.8 Å². The Morgan fingerprint density at radius 3 is 2.39 bits per heavy atom. The number of carbonyl (C=O) groups excluding carboxylic acids is 2. The molecule has 0 aromatic heterocycles. The lowest BCUT2D eigenvalue weighted by Gasteiger charge is -2.34. The van der Waals surface area contributed by atoms with E-state index in [2.05, 4.69) is 19.2 Å². The normalized spacial score (nSPS) is 23.8. The molecule has 0 spiro atoms. The van der Waals surface area contributed by atoms with Gasteiger partial charge in [-0.05, 0) is 42.5 Å². The van der Waals surface area contributed by atoms with E-state index in [4.69, 9.17) is 0 Å². The Kier molecular flexibility index (Phi) is 6.67. The zero-order valence-electron chi connectivity index (χ0n) is 16.3. The van der Waals surface area contributed by atoms with Crippen LogP contribution in [0.2, 0.25) is 0 Å². The van der Waals surface area contributed by atoms with E-state index in [0.29, 0.717) is 43.7 Å². The average molecular weight is 426 g/mol. The maximum atomic E-state index is 12.9. The fourth-order valence-corrected chi connectivity index (χ4v) is 6.28. The molecule has 2 fully saturated rings. The number of benzene rings is 1. The van der Waals surface area contributed by atoms with Crippen molar-refractivity contribution in [2.45, 2.75) is 31.6 Å². The van der Waals surface area contributed by atoms with Crippen LogP contribution in [-0.4, -0.2) is 60.7 Å².